The molecule has 5 nitrogen and oxygen atoms in total. The zero-order valence-corrected chi connectivity index (χ0v) is 15.4. The highest BCUT2D eigenvalue weighted by Gasteiger charge is 2.17. The summed E-state index contributed by atoms with van der Waals surface area (Å²) in [6, 6.07) is 11.7. The average Bonchev–Trinajstić information content (AvgIpc) is 2.56. The van der Waals surface area contributed by atoms with Crippen LogP contribution in [-0.4, -0.2) is 17.8 Å². The number of hydrogen-bond donors (Lipinski definition) is 2. The van der Waals surface area contributed by atoms with Crippen LogP contribution < -0.4 is 11.1 Å². The van der Waals surface area contributed by atoms with E-state index in [0.717, 1.165) is 33.5 Å². The number of carbonyl (C=O) groups excluding carboxylic acids is 1. The zero-order valence-electron chi connectivity index (χ0n) is 15.4. The van der Waals surface area contributed by atoms with E-state index in [0.29, 0.717) is 0 Å². The topological polar surface area (TPSA) is 76.7 Å². The second-order valence-electron chi connectivity index (χ2n) is 6.35. The van der Waals surface area contributed by atoms with Crippen molar-refractivity contribution in [2.24, 2.45) is 10.9 Å². The monoisotopic (exact) mass is 339 g/mol. The van der Waals surface area contributed by atoms with Crippen LogP contribution in [0, 0.1) is 27.7 Å². The van der Waals surface area contributed by atoms with Gasteiger partial charge < -0.3 is 15.9 Å². The largest absolute Gasteiger partial charge is 0.381 e. The first-order valence-electron chi connectivity index (χ1n) is 8.23. The molecule has 5 heteroatoms. The van der Waals surface area contributed by atoms with Gasteiger partial charge in [-0.05, 0) is 45.7 Å². The number of nitrogens with one attached hydrogen (secondary N) is 1. The van der Waals surface area contributed by atoms with E-state index >= 15 is 0 Å². The minimum absolute atomic E-state index is 0.238. The summed E-state index contributed by atoms with van der Waals surface area (Å²) in [5, 5.41) is 6.78. The second-order valence-corrected chi connectivity index (χ2v) is 6.35. The van der Waals surface area contributed by atoms with E-state index in [2.05, 4.69) is 10.5 Å². The quantitative estimate of drug-likeness (QED) is 0.496. The van der Waals surface area contributed by atoms with Crippen LogP contribution in [-0.2, 0) is 9.63 Å². The van der Waals surface area contributed by atoms with E-state index in [1.54, 1.807) is 6.92 Å². The van der Waals surface area contributed by atoms with Gasteiger partial charge in [0.2, 0.25) is 6.10 Å². The highest BCUT2D eigenvalue weighted by atomic mass is 16.6. The summed E-state index contributed by atoms with van der Waals surface area (Å²) < 4.78 is 0. The second kappa shape index (κ2) is 7.83. The predicted octanol–water partition coefficient (Wildman–Crippen LogP) is 3.58. The minimum Gasteiger partial charge on any atom is -0.381 e. The normalized spacial score (nSPS) is 12.6. The molecule has 0 saturated carbocycles. The lowest BCUT2D eigenvalue weighted by Crippen LogP contribution is -2.28. The molecular weight excluding hydrogens is 314 g/mol. The summed E-state index contributed by atoms with van der Waals surface area (Å²) >= 11 is 0. The fraction of sp³-hybridized carbons (Fsp3) is 0.300. The van der Waals surface area contributed by atoms with Gasteiger partial charge in [-0.1, -0.05) is 52.7 Å². The van der Waals surface area contributed by atoms with Crippen LogP contribution >= 0.6 is 0 Å². The number of carbonyl (C=O) groups is 1. The Morgan fingerprint density at radius 2 is 1.60 bits per heavy atom. The Morgan fingerprint density at radius 1 is 1.04 bits per heavy atom. The number of aryl methyl sites for hydroxylation is 4. The number of hydrogen-bond acceptors (Lipinski definition) is 3. The fourth-order valence-corrected chi connectivity index (χ4v) is 2.56. The van der Waals surface area contributed by atoms with Gasteiger partial charge in [0.25, 0.3) is 5.91 Å². The maximum atomic E-state index is 12.3. The van der Waals surface area contributed by atoms with E-state index in [-0.39, 0.29) is 11.7 Å². The van der Waals surface area contributed by atoms with Crippen LogP contribution in [0.15, 0.2) is 41.6 Å². The predicted molar refractivity (Wildman–Crippen MR) is 102 cm³/mol. The molecule has 2 aromatic carbocycles. The summed E-state index contributed by atoms with van der Waals surface area (Å²) in [6.45, 7) is 9.60. The molecule has 0 radical (unpaired) electrons. The zero-order chi connectivity index (χ0) is 18.6. The van der Waals surface area contributed by atoms with E-state index in [1.807, 2.05) is 64.1 Å². The van der Waals surface area contributed by atoms with Gasteiger partial charge >= 0.3 is 0 Å². The van der Waals surface area contributed by atoms with E-state index < -0.39 is 6.10 Å². The summed E-state index contributed by atoms with van der Waals surface area (Å²) in [7, 11) is 0. The third-order valence-corrected chi connectivity index (χ3v) is 3.95. The molecule has 2 aromatic rings. The number of benzene rings is 2. The number of amides is 1. The van der Waals surface area contributed by atoms with Gasteiger partial charge in [0.1, 0.15) is 0 Å². The molecule has 1 amide bonds. The van der Waals surface area contributed by atoms with Crippen molar-refractivity contribution in [1.82, 2.24) is 0 Å². The highest BCUT2D eigenvalue weighted by molar-refractivity contribution is 5.97. The highest BCUT2D eigenvalue weighted by Crippen LogP contribution is 2.22. The Hall–Kier alpha value is -2.82. The first kappa shape index (κ1) is 18.5. The molecule has 2 rings (SSSR count). The molecule has 1 atom stereocenters. The molecule has 0 aromatic heterocycles. The first-order valence-corrected chi connectivity index (χ1v) is 8.23. The van der Waals surface area contributed by atoms with Crippen molar-refractivity contribution in [1.29, 1.82) is 0 Å². The first-order chi connectivity index (χ1) is 11.8. The molecule has 0 aliphatic carbocycles. The third kappa shape index (κ3) is 4.83. The number of nitrogens with two attached hydrogens (primary N) is 1. The Balaban J connectivity index is 2.03. The van der Waals surface area contributed by atoms with Gasteiger partial charge in [0.05, 0.1) is 0 Å². The van der Waals surface area contributed by atoms with E-state index in [4.69, 9.17) is 10.6 Å². The number of oxime groups is 1. The maximum absolute atomic E-state index is 12.3. The molecule has 0 aliphatic rings. The van der Waals surface area contributed by atoms with Crippen LogP contribution in [0.2, 0.25) is 0 Å². The lowest BCUT2D eigenvalue weighted by Gasteiger charge is -2.15. The fourth-order valence-electron chi connectivity index (χ4n) is 2.56. The Kier molecular flexibility index (Phi) is 5.80. The van der Waals surface area contributed by atoms with Gasteiger partial charge in [-0.3, -0.25) is 4.79 Å². The molecule has 0 aliphatic heterocycles. The molecular formula is C20H25N3O2. The Bertz CT molecular complexity index is 772. The molecule has 25 heavy (non-hydrogen) atoms. The van der Waals surface area contributed by atoms with Gasteiger partial charge in [-0.2, -0.15) is 0 Å². The smallest absolute Gasteiger partial charge is 0.268 e. The van der Waals surface area contributed by atoms with E-state index in [1.165, 1.54) is 0 Å². The lowest BCUT2D eigenvalue weighted by atomic mass is 10.0. The van der Waals surface area contributed by atoms with Crippen LogP contribution in [0.3, 0.4) is 0 Å². The van der Waals surface area contributed by atoms with Gasteiger partial charge in [0, 0.05) is 11.3 Å². The Morgan fingerprint density at radius 3 is 2.16 bits per heavy atom. The summed E-state index contributed by atoms with van der Waals surface area (Å²) in [6.07, 6.45) is -0.760. The van der Waals surface area contributed by atoms with Crippen molar-refractivity contribution in [2.75, 3.05) is 5.32 Å². The van der Waals surface area contributed by atoms with Crippen LogP contribution in [0.1, 0.15) is 34.7 Å². The maximum Gasteiger partial charge on any atom is 0.268 e. The molecule has 3 N–H and O–H groups in total. The van der Waals surface area contributed by atoms with Crippen LogP contribution in [0.4, 0.5) is 5.69 Å². The van der Waals surface area contributed by atoms with E-state index in [9.17, 15) is 4.79 Å². The van der Waals surface area contributed by atoms with Crippen molar-refractivity contribution in [3.05, 3.63) is 64.2 Å². The van der Waals surface area contributed by atoms with Crippen molar-refractivity contribution < 1.29 is 9.63 Å². The summed E-state index contributed by atoms with van der Waals surface area (Å²) in [5.41, 5.74) is 11.8. The number of nitrogens with zero attached hydrogens (tertiary/aromatic N) is 1. The molecule has 0 saturated heterocycles. The molecule has 0 spiro atoms. The van der Waals surface area contributed by atoms with Gasteiger partial charge in [0.15, 0.2) is 5.84 Å². The molecule has 0 bridgehead atoms. The Labute approximate surface area is 148 Å². The minimum atomic E-state index is -0.760. The van der Waals surface area contributed by atoms with Crippen LogP contribution in [0.5, 0.6) is 0 Å². The lowest BCUT2D eigenvalue weighted by molar-refractivity contribution is -0.126. The number of anilines is 1. The van der Waals surface area contributed by atoms with Gasteiger partial charge in [-0.25, -0.2) is 0 Å². The van der Waals surface area contributed by atoms with Crippen LogP contribution in [0.25, 0.3) is 0 Å². The molecule has 0 heterocycles. The molecule has 1 unspecified atom stereocenters. The third-order valence-electron chi connectivity index (χ3n) is 3.95. The summed E-state index contributed by atoms with van der Waals surface area (Å²) in [5.74, 6) is -0.0298. The molecule has 132 valence electrons. The standard InChI is InChI=1S/C20H25N3O2/c1-12-6-8-17(9-7-12)19(21)23-25-16(5)20(24)22-18-14(3)10-13(2)11-15(18)4/h6-11,16H,1-5H3,(H2,21,23)(H,22,24). The van der Waals surface area contributed by atoms with Gasteiger partial charge in [-0.15, -0.1) is 0 Å². The molecule has 0 fully saturated rings. The number of rotatable bonds is 5. The van der Waals surface area contributed by atoms with Crippen molar-refractivity contribution in [2.45, 2.75) is 40.7 Å². The van der Waals surface area contributed by atoms with Crippen molar-refractivity contribution in [3.8, 4) is 0 Å². The summed E-state index contributed by atoms with van der Waals surface area (Å²) in [4.78, 5) is 17.6. The average molecular weight is 339 g/mol. The van der Waals surface area contributed by atoms with Crippen molar-refractivity contribution >= 4 is 17.4 Å². The van der Waals surface area contributed by atoms with Crippen molar-refractivity contribution in [3.63, 3.8) is 0 Å². The number of amidine groups is 1. The SMILES string of the molecule is Cc1ccc(C(N)=NOC(C)C(=O)Nc2c(C)cc(C)cc2C)cc1.